The lowest BCUT2D eigenvalue weighted by Gasteiger charge is -2.36. The van der Waals surface area contributed by atoms with Gasteiger partial charge >= 0.3 is 0 Å². The number of carbonyl (C=O) groups is 2. The Labute approximate surface area is 202 Å². The van der Waals surface area contributed by atoms with Crippen LogP contribution in [0, 0.1) is 0 Å². The molecular weight excluding hydrogens is 453 g/mol. The summed E-state index contributed by atoms with van der Waals surface area (Å²) in [7, 11) is 0. The molecule has 0 aliphatic carbocycles. The highest BCUT2D eigenvalue weighted by Crippen LogP contribution is 2.21. The molecule has 1 aliphatic heterocycles. The molecule has 0 atom stereocenters. The summed E-state index contributed by atoms with van der Waals surface area (Å²) in [5.74, 6) is 0.216. The Balaban J connectivity index is 1.21. The second-order valence-electron chi connectivity index (χ2n) is 7.99. The van der Waals surface area contributed by atoms with E-state index >= 15 is 0 Å². The van der Waals surface area contributed by atoms with Gasteiger partial charge in [-0.1, -0.05) is 36.4 Å². The summed E-state index contributed by atoms with van der Waals surface area (Å²) in [6.07, 6.45) is 0. The van der Waals surface area contributed by atoms with Crippen molar-refractivity contribution < 1.29 is 28.8 Å². The second kappa shape index (κ2) is 11.8. The molecule has 0 aromatic heterocycles. The van der Waals surface area contributed by atoms with E-state index in [1.165, 1.54) is 24.3 Å². The number of ether oxygens (including phenoxy) is 1. The van der Waals surface area contributed by atoms with Gasteiger partial charge < -0.3 is 24.7 Å². The standard InChI is InChI=1S/C26H26FN3O5/c27-35-34-24-8-4-7-21(17-24)26(32)28-18-25(31)30-15-13-29(14-16-30)22-9-11-23(12-10-22)33-19-20-5-2-1-3-6-20/h1-12,17H,13-16,18-19H2,(H,28,32). The lowest BCUT2D eigenvalue weighted by atomic mass is 10.2. The van der Waals surface area contributed by atoms with Crippen LogP contribution in [0.1, 0.15) is 15.9 Å². The molecule has 1 N–H and O–H groups in total. The average Bonchev–Trinajstić information content (AvgIpc) is 2.92. The van der Waals surface area contributed by atoms with Gasteiger partial charge in [-0.2, -0.15) is 0 Å². The number of carbonyl (C=O) groups excluding carboxylic acids is 2. The van der Waals surface area contributed by atoms with Gasteiger partial charge in [0, 0.05) is 42.5 Å². The first kappa shape index (κ1) is 24.0. The van der Waals surface area contributed by atoms with Gasteiger partial charge in [0.25, 0.3) is 5.91 Å². The van der Waals surface area contributed by atoms with Gasteiger partial charge in [-0.3, -0.25) is 9.59 Å². The highest BCUT2D eigenvalue weighted by Gasteiger charge is 2.22. The monoisotopic (exact) mass is 479 g/mol. The van der Waals surface area contributed by atoms with Crippen LogP contribution in [0.15, 0.2) is 78.9 Å². The van der Waals surface area contributed by atoms with Crippen LogP contribution < -0.4 is 19.8 Å². The van der Waals surface area contributed by atoms with Crippen LogP contribution in [-0.2, 0) is 16.5 Å². The maximum atomic E-state index is 12.6. The molecule has 0 saturated carbocycles. The summed E-state index contributed by atoms with van der Waals surface area (Å²) in [5.41, 5.74) is 2.41. The molecule has 2 amide bonds. The van der Waals surface area contributed by atoms with Gasteiger partial charge in [-0.05, 0) is 52.6 Å². The molecule has 3 aromatic carbocycles. The summed E-state index contributed by atoms with van der Waals surface area (Å²) >= 11 is 0. The number of nitrogens with zero attached hydrogens (tertiary/aromatic N) is 2. The molecule has 1 aliphatic rings. The third-order valence-corrected chi connectivity index (χ3v) is 5.71. The number of benzene rings is 3. The average molecular weight is 480 g/mol. The van der Waals surface area contributed by atoms with Crippen molar-refractivity contribution in [3.8, 4) is 11.5 Å². The van der Waals surface area contributed by atoms with Crippen molar-refractivity contribution in [3.63, 3.8) is 0 Å². The summed E-state index contributed by atoms with van der Waals surface area (Å²) in [5, 5.41) is 5.70. The zero-order valence-electron chi connectivity index (χ0n) is 19.1. The Morgan fingerprint density at radius 2 is 1.60 bits per heavy atom. The number of piperazine rings is 1. The molecule has 8 nitrogen and oxygen atoms in total. The Morgan fingerprint density at radius 3 is 2.31 bits per heavy atom. The fraction of sp³-hybridized carbons (Fsp3) is 0.231. The topological polar surface area (TPSA) is 80.3 Å². The molecule has 3 aromatic rings. The molecule has 4 rings (SSSR count). The molecule has 0 spiro atoms. The summed E-state index contributed by atoms with van der Waals surface area (Å²) in [6.45, 7) is 2.87. The van der Waals surface area contributed by atoms with E-state index in [1.54, 1.807) is 4.90 Å². The molecule has 0 radical (unpaired) electrons. The number of hydrogen-bond donors (Lipinski definition) is 1. The number of hydrogen-bond acceptors (Lipinski definition) is 6. The van der Waals surface area contributed by atoms with Crippen LogP contribution in [-0.4, -0.2) is 49.4 Å². The van der Waals surface area contributed by atoms with Gasteiger partial charge in [0.1, 0.15) is 12.4 Å². The first-order valence-corrected chi connectivity index (χ1v) is 11.3. The van der Waals surface area contributed by atoms with Crippen molar-refractivity contribution in [3.05, 3.63) is 90.0 Å². The van der Waals surface area contributed by atoms with Gasteiger partial charge in [-0.15, -0.1) is 0 Å². The minimum absolute atomic E-state index is 0.0402. The predicted molar refractivity (Wildman–Crippen MR) is 128 cm³/mol. The summed E-state index contributed by atoms with van der Waals surface area (Å²) in [6, 6.07) is 23.7. The highest BCUT2D eigenvalue weighted by molar-refractivity contribution is 5.96. The minimum Gasteiger partial charge on any atom is -0.489 e. The smallest absolute Gasteiger partial charge is 0.251 e. The summed E-state index contributed by atoms with van der Waals surface area (Å²) in [4.78, 5) is 33.1. The molecule has 0 unspecified atom stereocenters. The SMILES string of the molecule is O=C(NCC(=O)N1CCN(c2ccc(OCc3ccccc3)cc2)CC1)c1cccc(OOF)c1. The molecule has 182 valence electrons. The van der Waals surface area contributed by atoms with E-state index in [0.717, 1.165) is 17.0 Å². The van der Waals surface area contributed by atoms with Gasteiger partial charge in [-0.25, -0.2) is 0 Å². The number of anilines is 1. The Hall–Kier alpha value is -4.11. The zero-order chi connectivity index (χ0) is 24.5. The fourth-order valence-electron chi connectivity index (χ4n) is 3.80. The zero-order valence-corrected chi connectivity index (χ0v) is 19.1. The van der Waals surface area contributed by atoms with E-state index in [-0.39, 0.29) is 23.8 Å². The van der Waals surface area contributed by atoms with E-state index in [0.29, 0.717) is 32.8 Å². The largest absolute Gasteiger partial charge is 0.489 e. The second-order valence-corrected chi connectivity index (χ2v) is 7.99. The van der Waals surface area contributed by atoms with Crippen LogP contribution in [0.4, 0.5) is 10.2 Å². The molecule has 35 heavy (non-hydrogen) atoms. The van der Waals surface area contributed by atoms with Crippen LogP contribution >= 0.6 is 0 Å². The maximum absolute atomic E-state index is 12.6. The third-order valence-electron chi connectivity index (χ3n) is 5.71. The van der Waals surface area contributed by atoms with Gasteiger partial charge in [0.05, 0.1) is 6.54 Å². The van der Waals surface area contributed by atoms with Crippen LogP contribution in [0.5, 0.6) is 11.5 Å². The number of rotatable bonds is 9. The van der Waals surface area contributed by atoms with Crippen LogP contribution in [0.2, 0.25) is 0 Å². The quantitative estimate of drug-likeness (QED) is 0.374. The Bertz CT molecular complexity index is 1120. The van der Waals surface area contributed by atoms with Crippen molar-refractivity contribution >= 4 is 17.5 Å². The van der Waals surface area contributed by atoms with Crippen molar-refractivity contribution in [1.82, 2.24) is 10.2 Å². The van der Waals surface area contributed by atoms with Gasteiger partial charge in [0.15, 0.2) is 5.75 Å². The minimum atomic E-state index is -0.462. The predicted octanol–water partition coefficient (Wildman–Crippen LogP) is 3.54. The van der Waals surface area contributed by atoms with Crippen molar-refractivity contribution in [1.29, 1.82) is 0 Å². The number of amides is 2. The Kier molecular flexibility index (Phi) is 8.13. The first-order valence-electron chi connectivity index (χ1n) is 11.3. The van der Waals surface area contributed by atoms with Crippen LogP contribution in [0.3, 0.4) is 0 Å². The molecule has 1 fully saturated rings. The summed E-state index contributed by atoms with van der Waals surface area (Å²) < 4.78 is 17.7. The van der Waals surface area contributed by atoms with E-state index < -0.39 is 5.91 Å². The highest BCUT2D eigenvalue weighted by atomic mass is 19.3. The lowest BCUT2D eigenvalue weighted by Crippen LogP contribution is -2.51. The fourth-order valence-corrected chi connectivity index (χ4v) is 3.80. The molecule has 9 heteroatoms. The third kappa shape index (κ3) is 6.70. The first-order chi connectivity index (χ1) is 17.1. The number of halogens is 1. The maximum Gasteiger partial charge on any atom is 0.251 e. The van der Waals surface area contributed by atoms with E-state index in [4.69, 9.17) is 4.74 Å². The van der Waals surface area contributed by atoms with E-state index in [9.17, 15) is 14.1 Å². The Morgan fingerprint density at radius 1 is 0.857 bits per heavy atom. The molecule has 1 heterocycles. The molecule has 1 saturated heterocycles. The molecular formula is C26H26FN3O5. The van der Waals surface area contributed by atoms with Crippen molar-refractivity contribution in [2.75, 3.05) is 37.6 Å². The van der Waals surface area contributed by atoms with E-state index in [2.05, 4.69) is 20.2 Å². The lowest BCUT2D eigenvalue weighted by molar-refractivity contribution is -0.367. The van der Waals surface area contributed by atoms with E-state index in [1.807, 2.05) is 54.6 Å². The molecule has 0 bridgehead atoms. The van der Waals surface area contributed by atoms with Crippen molar-refractivity contribution in [2.45, 2.75) is 6.61 Å². The van der Waals surface area contributed by atoms with Gasteiger partial charge in [0.2, 0.25) is 5.91 Å². The number of nitrogens with one attached hydrogen (secondary N) is 1. The van der Waals surface area contributed by atoms with Crippen molar-refractivity contribution in [2.24, 2.45) is 0 Å². The normalized spacial score (nSPS) is 13.3. The van der Waals surface area contributed by atoms with Crippen LogP contribution in [0.25, 0.3) is 0 Å².